The predicted octanol–water partition coefficient (Wildman–Crippen LogP) is 5.04. The molecular weight excluding hydrogens is 261 g/mol. The van der Waals surface area contributed by atoms with Crippen LogP contribution in [0.25, 0.3) is 10.9 Å². The Morgan fingerprint density at radius 2 is 1.76 bits per heavy atom. The molecule has 2 aromatic carbocycles. The number of nitrogens with zero attached hydrogens (tertiary/aromatic N) is 1. The molecule has 1 saturated carbocycles. The van der Waals surface area contributed by atoms with Crippen LogP contribution in [0.5, 0.6) is 0 Å². The van der Waals surface area contributed by atoms with Gasteiger partial charge in [0, 0.05) is 11.6 Å². The second kappa shape index (κ2) is 4.96. The van der Waals surface area contributed by atoms with E-state index in [2.05, 4.69) is 29.2 Å². The molecule has 0 spiro atoms. The first-order valence-electron chi connectivity index (χ1n) is 7.42. The lowest BCUT2D eigenvalue weighted by atomic mass is 9.66. The van der Waals surface area contributed by atoms with Gasteiger partial charge >= 0.3 is 0 Å². The second-order valence-corrected chi connectivity index (χ2v) is 5.77. The molecule has 21 heavy (non-hydrogen) atoms. The smallest absolute Gasteiger partial charge is 0.126 e. The zero-order valence-corrected chi connectivity index (χ0v) is 11.7. The van der Waals surface area contributed by atoms with Gasteiger partial charge in [-0.2, -0.15) is 0 Å². The van der Waals surface area contributed by atoms with Crippen LogP contribution < -0.4 is 0 Å². The summed E-state index contributed by atoms with van der Waals surface area (Å²) in [6, 6.07) is 17.6. The van der Waals surface area contributed by atoms with Crippen molar-refractivity contribution < 1.29 is 4.39 Å². The molecule has 3 aromatic rings. The summed E-state index contributed by atoms with van der Waals surface area (Å²) in [5, 5.41) is 1.16. The van der Waals surface area contributed by atoms with E-state index in [1.165, 1.54) is 5.56 Å². The third-order valence-electron chi connectivity index (χ3n) is 4.63. The molecule has 1 aliphatic rings. The quantitative estimate of drug-likeness (QED) is 0.640. The molecule has 0 radical (unpaired) electrons. The topological polar surface area (TPSA) is 12.9 Å². The van der Waals surface area contributed by atoms with E-state index < -0.39 is 0 Å². The van der Waals surface area contributed by atoms with E-state index in [1.807, 2.05) is 24.4 Å². The first-order valence-corrected chi connectivity index (χ1v) is 7.42. The average Bonchev–Trinajstić information content (AvgIpc) is 2.48. The molecule has 1 heterocycles. The van der Waals surface area contributed by atoms with E-state index >= 15 is 0 Å². The Morgan fingerprint density at radius 3 is 2.57 bits per heavy atom. The highest BCUT2D eigenvalue weighted by atomic mass is 19.1. The summed E-state index contributed by atoms with van der Waals surface area (Å²) in [5.74, 6) is 0.654. The van der Waals surface area contributed by atoms with Crippen LogP contribution in [0.4, 0.5) is 4.39 Å². The average molecular weight is 277 g/mol. The van der Waals surface area contributed by atoms with Crippen molar-refractivity contribution in [3.63, 3.8) is 0 Å². The summed E-state index contributed by atoms with van der Waals surface area (Å²) in [6.45, 7) is 0. The molecule has 1 aromatic heterocycles. The Labute approximate surface area is 123 Å². The number of hydrogen-bond donors (Lipinski definition) is 0. The first-order chi connectivity index (χ1) is 10.3. The van der Waals surface area contributed by atoms with Crippen LogP contribution in [0, 0.1) is 5.82 Å². The molecular formula is C19H16FN. The van der Waals surface area contributed by atoms with Crippen LogP contribution in [0.15, 0.2) is 60.8 Å². The van der Waals surface area contributed by atoms with E-state index in [0.29, 0.717) is 11.8 Å². The maximum Gasteiger partial charge on any atom is 0.126 e. The van der Waals surface area contributed by atoms with E-state index in [0.717, 1.165) is 29.3 Å². The van der Waals surface area contributed by atoms with Crippen molar-refractivity contribution in [1.82, 2.24) is 4.98 Å². The minimum atomic E-state index is -0.0744. The van der Waals surface area contributed by atoms with E-state index in [1.54, 1.807) is 12.1 Å². The molecule has 1 aliphatic carbocycles. The van der Waals surface area contributed by atoms with Gasteiger partial charge in [0.05, 0.1) is 5.52 Å². The molecule has 2 unspecified atom stereocenters. The number of pyridine rings is 1. The molecule has 0 saturated heterocycles. The molecule has 2 atom stereocenters. The van der Waals surface area contributed by atoms with Crippen LogP contribution in [0.2, 0.25) is 0 Å². The highest BCUT2D eigenvalue weighted by molar-refractivity contribution is 5.79. The SMILES string of the molecule is Fc1ccccc1C1CCC1c1ccc2ncccc2c1. The lowest BCUT2D eigenvalue weighted by Gasteiger charge is -2.37. The van der Waals surface area contributed by atoms with Gasteiger partial charge in [-0.15, -0.1) is 0 Å². The molecule has 1 fully saturated rings. The summed E-state index contributed by atoms with van der Waals surface area (Å²) in [4.78, 5) is 4.36. The Balaban J connectivity index is 1.71. The zero-order valence-electron chi connectivity index (χ0n) is 11.7. The minimum Gasteiger partial charge on any atom is -0.256 e. The lowest BCUT2D eigenvalue weighted by Crippen LogP contribution is -2.22. The van der Waals surface area contributed by atoms with Gasteiger partial charge in [-0.05, 0) is 60.1 Å². The van der Waals surface area contributed by atoms with Gasteiger partial charge in [0.2, 0.25) is 0 Å². The third-order valence-corrected chi connectivity index (χ3v) is 4.63. The van der Waals surface area contributed by atoms with Crippen molar-refractivity contribution in [1.29, 1.82) is 0 Å². The highest BCUT2D eigenvalue weighted by Gasteiger charge is 2.34. The van der Waals surface area contributed by atoms with Gasteiger partial charge in [-0.25, -0.2) is 4.39 Å². The van der Waals surface area contributed by atoms with Crippen molar-refractivity contribution in [2.75, 3.05) is 0 Å². The maximum atomic E-state index is 14.0. The Morgan fingerprint density at radius 1 is 0.905 bits per heavy atom. The van der Waals surface area contributed by atoms with Gasteiger partial charge in [-0.3, -0.25) is 4.98 Å². The number of hydrogen-bond acceptors (Lipinski definition) is 1. The predicted molar refractivity (Wildman–Crippen MR) is 82.9 cm³/mol. The van der Waals surface area contributed by atoms with E-state index in [4.69, 9.17) is 0 Å². The molecule has 0 aliphatic heterocycles. The minimum absolute atomic E-state index is 0.0744. The van der Waals surface area contributed by atoms with Crippen LogP contribution in [-0.2, 0) is 0 Å². The monoisotopic (exact) mass is 277 g/mol. The Bertz CT molecular complexity index is 796. The maximum absolute atomic E-state index is 14.0. The summed E-state index contributed by atoms with van der Waals surface area (Å²) >= 11 is 0. The fourth-order valence-corrected chi connectivity index (χ4v) is 3.37. The Kier molecular flexibility index (Phi) is 2.95. The molecule has 0 amide bonds. The van der Waals surface area contributed by atoms with Gasteiger partial charge in [-0.1, -0.05) is 30.3 Å². The van der Waals surface area contributed by atoms with Crippen molar-refractivity contribution >= 4 is 10.9 Å². The normalized spacial score (nSPS) is 21.2. The standard InChI is InChI=1S/C19H16FN/c20-18-6-2-1-5-17(18)16-9-8-15(16)13-7-10-19-14(12-13)4-3-11-21-19/h1-7,10-12,15-16H,8-9H2. The van der Waals surface area contributed by atoms with E-state index in [-0.39, 0.29) is 5.82 Å². The second-order valence-electron chi connectivity index (χ2n) is 5.77. The number of rotatable bonds is 2. The van der Waals surface area contributed by atoms with Gasteiger partial charge < -0.3 is 0 Å². The largest absolute Gasteiger partial charge is 0.256 e. The highest BCUT2D eigenvalue weighted by Crippen LogP contribution is 2.49. The fraction of sp³-hybridized carbons (Fsp3) is 0.211. The van der Waals surface area contributed by atoms with Crippen LogP contribution in [0.3, 0.4) is 0 Å². The van der Waals surface area contributed by atoms with Gasteiger partial charge in [0.1, 0.15) is 5.82 Å². The summed E-state index contributed by atoms with van der Waals surface area (Å²) in [5.41, 5.74) is 3.18. The first kappa shape index (κ1) is 12.5. The third kappa shape index (κ3) is 2.11. The van der Waals surface area contributed by atoms with Crippen molar-refractivity contribution in [3.05, 3.63) is 77.7 Å². The lowest BCUT2D eigenvalue weighted by molar-refractivity contribution is 0.337. The Hall–Kier alpha value is -2.22. The molecule has 0 N–H and O–H groups in total. The van der Waals surface area contributed by atoms with E-state index in [9.17, 15) is 4.39 Å². The van der Waals surface area contributed by atoms with Crippen molar-refractivity contribution in [3.8, 4) is 0 Å². The fourth-order valence-electron chi connectivity index (χ4n) is 3.37. The summed E-state index contributed by atoms with van der Waals surface area (Å²) in [6.07, 6.45) is 4.01. The molecule has 2 heteroatoms. The summed E-state index contributed by atoms with van der Waals surface area (Å²) < 4.78 is 14.0. The van der Waals surface area contributed by atoms with Crippen LogP contribution in [-0.4, -0.2) is 4.98 Å². The van der Waals surface area contributed by atoms with Gasteiger partial charge in [0.15, 0.2) is 0 Å². The summed E-state index contributed by atoms with van der Waals surface area (Å²) in [7, 11) is 0. The molecule has 1 nitrogen and oxygen atoms in total. The molecule has 4 rings (SSSR count). The van der Waals surface area contributed by atoms with Gasteiger partial charge in [0.25, 0.3) is 0 Å². The molecule has 104 valence electrons. The number of fused-ring (bicyclic) bond motifs is 1. The number of aromatic nitrogens is 1. The van der Waals surface area contributed by atoms with Crippen LogP contribution in [0.1, 0.15) is 35.8 Å². The van der Waals surface area contributed by atoms with Crippen molar-refractivity contribution in [2.24, 2.45) is 0 Å². The zero-order chi connectivity index (χ0) is 14.2. The van der Waals surface area contributed by atoms with Crippen LogP contribution >= 0.6 is 0 Å². The number of benzene rings is 2. The van der Waals surface area contributed by atoms with Crippen molar-refractivity contribution in [2.45, 2.75) is 24.7 Å². The molecule has 0 bridgehead atoms. The number of halogens is 1.